The second-order valence-corrected chi connectivity index (χ2v) is 4.63. The average Bonchev–Trinajstić information content (AvgIpc) is 2.35. The lowest BCUT2D eigenvalue weighted by Crippen LogP contribution is -2.02. The van der Waals surface area contributed by atoms with E-state index in [0.717, 1.165) is 21.1 Å². The van der Waals surface area contributed by atoms with Gasteiger partial charge in [0.1, 0.15) is 0 Å². The van der Waals surface area contributed by atoms with Gasteiger partial charge >= 0.3 is 5.97 Å². The predicted molar refractivity (Wildman–Crippen MR) is 69.8 cm³/mol. The fourth-order valence-electron chi connectivity index (χ4n) is 1.61. The number of carbonyl (C=O) groups is 1. The molecule has 0 unspecified atom stereocenters. The summed E-state index contributed by atoms with van der Waals surface area (Å²) < 4.78 is 5.64. The van der Waals surface area contributed by atoms with Gasteiger partial charge in [0, 0.05) is 22.0 Å². The predicted octanol–water partition coefficient (Wildman–Crippen LogP) is 3.10. The van der Waals surface area contributed by atoms with Crippen LogP contribution in [0.25, 0.3) is 10.9 Å². The number of hydrogen-bond donors (Lipinski definition) is 0. The number of carbonyl (C=O) groups excluding carboxylic acids is 1. The van der Waals surface area contributed by atoms with E-state index < -0.39 is 0 Å². The summed E-state index contributed by atoms with van der Waals surface area (Å²) in [7, 11) is 1.40. The molecule has 0 bridgehead atoms. The second-order valence-electron chi connectivity index (χ2n) is 3.72. The molecule has 3 nitrogen and oxygen atoms in total. The van der Waals surface area contributed by atoms with Gasteiger partial charge in [-0.1, -0.05) is 22.0 Å². The van der Waals surface area contributed by atoms with Crippen LogP contribution in [0.5, 0.6) is 0 Å². The van der Waals surface area contributed by atoms with Crippen molar-refractivity contribution in [3.05, 3.63) is 40.5 Å². The van der Waals surface area contributed by atoms with Crippen molar-refractivity contribution in [3.63, 3.8) is 0 Å². The van der Waals surface area contributed by atoms with Gasteiger partial charge in [0.2, 0.25) is 0 Å². The van der Waals surface area contributed by atoms with Gasteiger partial charge < -0.3 is 4.74 Å². The van der Waals surface area contributed by atoms with Crippen molar-refractivity contribution in [2.75, 3.05) is 7.11 Å². The first kappa shape index (κ1) is 12.0. The molecule has 0 aliphatic heterocycles. The normalized spacial score (nSPS) is 10.5. The Balaban J connectivity index is 2.20. The molecule has 0 amide bonds. The Morgan fingerprint density at radius 3 is 2.94 bits per heavy atom. The number of esters is 1. The molecule has 2 aromatic rings. The summed E-state index contributed by atoms with van der Waals surface area (Å²) in [5.74, 6) is -0.206. The lowest BCUT2D eigenvalue weighted by atomic mass is 10.1. The van der Waals surface area contributed by atoms with Crippen molar-refractivity contribution in [1.82, 2.24) is 4.98 Å². The molecule has 0 aliphatic rings. The zero-order valence-electron chi connectivity index (χ0n) is 9.44. The fourth-order valence-corrected chi connectivity index (χ4v) is 1.99. The molecule has 88 valence electrons. The average molecular weight is 294 g/mol. The molecule has 1 heterocycles. The van der Waals surface area contributed by atoms with Crippen molar-refractivity contribution in [3.8, 4) is 0 Å². The van der Waals surface area contributed by atoms with Gasteiger partial charge in [-0.15, -0.1) is 0 Å². The van der Waals surface area contributed by atoms with Gasteiger partial charge in [0.15, 0.2) is 0 Å². The number of pyridine rings is 1. The van der Waals surface area contributed by atoms with Crippen molar-refractivity contribution >= 4 is 32.8 Å². The molecule has 17 heavy (non-hydrogen) atoms. The molecule has 0 saturated heterocycles. The largest absolute Gasteiger partial charge is 0.469 e. The highest BCUT2D eigenvalue weighted by Crippen LogP contribution is 2.18. The van der Waals surface area contributed by atoms with Crippen LogP contribution >= 0.6 is 15.9 Å². The van der Waals surface area contributed by atoms with E-state index in [1.54, 1.807) is 0 Å². The number of aryl methyl sites for hydroxylation is 1. The van der Waals surface area contributed by atoms with Crippen LogP contribution in [0.3, 0.4) is 0 Å². The lowest BCUT2D eigenvalue weighted by Gasteiger charge is -2.03. The molecule has 0 spiro atoms. The molecule has 0 fully saturated rings. The van der Waals surface area contributed by atoms with E-state index in [1.807, 2.05) is 30.3 Å². The van der Waals surface area contributed by atoms with Gasteiger partial charge in [-0.25, -0.2) is 0 Å². The molecule has 0 atom stereocenters. The van der Waals surface area contributed by atoms with Crippen molar-refractivity contribution in [2.45, 2.75) is 12.8 Å². The summed E-state index contributed by atoms with van der Waals surface area (Å²) in [6.07, 6.45) is 0.976. The number of aromatic nitrogens is 1. The zero-order chi connectivity index (χ0) is 12.3. The lowest BCUT2D eigenvalue weighted by molar-refractivity contribution is -0.140. The van der Waals surface area contributed by atoms with Crippen LogP contribution in [-0.4, -0.2) is 18.1 Å². The Kier molecular flexibility index (Phi) is 3.74. The highest BCUT2D eigenvalue weighted by atomic mass is 79.9. The first-order chi connectivity index (χ1) is 8.19. The van der Waals surface area contributed by atoms with E-state index in [9.17, 15) is 4.79 Å². The summed E-state index contributed by atoms with van der Waals surface area (Å²) >= 11 is 3.42. The molecule has 0 aliphatic carbocycles. The Bertz CT molecular complexity index is 554. The molecule has 2 rings (SSSR count). The third-order valence-electron chi connectivity index (χ3n) is 2.52. The van der Waals surface area contributed by atoms with Crippen molar-refractivity contribution in [2.24, 2.45) is 0 Å². The second kappa shape index (κ2) is 5.27. The van der Waals surface area contributed by atoms with Gasteiger partial charge in [0.25, 0.3) is 0 Å². The van der Waals surface area contributed by atoms with E-state index in [1.165, 1.54) is 7.11 Å². The Morgan fingerprint density at radius 2 is 2.18 bits per heavy atom. The summed E-state index contributed by atoms with van der Waals surface area (Å²) in [5, 5.41) is 1.08. The number of hydrogen-bond acceptors (Lipinski definition) is 3. The maximum Gasteiger partial charge on any atom is 0.305 e. The number of methoxy groups -OCH3 is 1. The number of ether oxygens (including phenoxy) is 1. The minimum Gasteiger partial charge on any atom is -0.469 e. The Morgan fingerprint density at radius 1 is 1.35 bits per heavy atom. The van der Waals surface area contributed by atoms with Crippen molar-refractivity contribution < 1.29 is 9.53 Å². The number of nitrogens with zero attached hydrogens (tertiary/aromatic N) is 1. The fraction of sp³-hybridized carbons (Fsp3) is 0.231. The molecule has 1 aromatic carbocycles. The standard InChI is InChI=1S/C13H12BrNO2/c1-17-13(16)7-5-11-4-2-9-8-10(14)3-6-12(9)15-11/h2-4,6,8H,5,7H2,1H3. The highest BCUT2D eigenvalue weighted by molar-refractivity contribution is 9.10. The summed E-state index contributed by atoms with van der Waals surface area (Å²) in [5.41, 5.74) is 1.85. The molecule has 1 aromatic heterocycles. The number of benzene rings is 1. The first-order valence-electron chi connectivity index (χ1n) is 5.31. The Labute approximate surface area is 108 Å². The highest BCUT2D eigenvalue weighted by Gasteiger charge is 2.03. The van der Waals surface area contributed by atoms with Gasteiger partial charge in [0.05, 0.1) is 19.0 Å². The van der Waals surface area contributed by atoms with E-state index in [2.05, 4.69) is 25.7 Å². The van der Waals surface area contributed by atoms with E-state index >= 15 is 0 Å². The maximum atomic E-state index is 11.0. The topological polar surface area (TPSA) is 39.2 Å². The minimum atomic E-state index is -0.206. The molecular formula is C13H12BrNO2. The van der Waals surface area contributed by atoms with Crippen LogP contribution in [0.1, 0.15) is 12.1 Å². The first-order valence-corrected chi connectivity index (χ1v) is 6.10. The number of fused-ring (bicyclic) bond motifs is 1. The maximum absolute atomic E-state index is 11.0. The van der Waals surface area contributed by atoms with Crippen LogP contribution < -0.4 is 0 Å². The van der Waals surface area contributed by atoms with E-state index in [4.69, 9.17) is 0 Å². The van der Waals surface area contributed by atoms with Gasteiger partial charge in [-0.05, 0) is 24.3 Å². The van der Waals surface area contributed by atoms with Crippen LogP contribution in [0.15, 0.2) is 34.8 Å². The van der Waals surface area contributed by atoms with Crippen LogP contribution in [0, 0.1) is 0 Å². The smallest absolute Gasteiger partial charge is 0.305 e. The molecule has 0 radical (unpaired) electrons. The van der Waals surface area contributed by atoms with Crippen molar-refractivity contribution in [1.29, 1.82) is 0 Å². The zero-order valence-corrected chi connectivity index (χ0v) is 11.0. The SMILES string of the molecule is COC(=O)CCc1ccc2cc(Br)ccc2n1. The number of rotatable bonds is 3. The molecule has 0 saturated carbocycles. The van der Waals surface area contributed by atoms with E-state index in [0.29, 0.717) is 12.8 Å². The molecular weight excluding hydrogens is 282 g/mol. The van der Waals surface area contributed by atoms with Crippen LogP contribution in [0.4, 0.5) is 0 Å². The number of halogens is 1. The molecule has 0 N–H and O–H groups in total. The quantitative estimate of drug-likeness (QED) is 0.817. The van der Waals surface area contributed by atoms with Gasteiger partial charge in [-0.2, -0.15) is 0 Å². The molecule has 4 heteroatoms. The van der Waals surface area contributed by atoms with Crippen LogP contribution in [0.2, 0.25) is 0 Å². The third-order valence-corrected chi connectivity index (χ3v) is 3.02. The third kappa shape index (κ3) is 3.03. The monoisotopic (exact) mass is 293 g/mol. The summed E-state index contributed by atoms with van der Waals surface area (Å²) in [6, 6.07) is 9.89. The van der Waals surface area contributed by atoms with Gasteiger partial charge in [-0.3, -0.25) is 9.78 Å². The summed E-state index contributed by atoms with van der Waals surface area (Å²) in [4.78, 5) is 15.5. The van der Waals surface area contributed by atoms with Crippen LogP contribution in [-0.2, 0) is 16.0 Å². The summed E-state index contributed by atoms with van der Waals surface area (Å²) in [6.45, 7) is 0. The minimum absolute atomic E-state index is 0.206. The van der Waals surface area contributed by atoms with E-state index in [-0.39, 0.29) is 5.97 Å². The Hall–Kier alpha value is -1.42.